The molecule has 0 unspecified atom stereocenters. The van der Waals surface area contributed by atoms with E-state index in [0.717, 1.165) is 5.56 Å². The number of aryl methyl sites for hydroxylation is 1. The minimum atomic E-state index is -0.305. The van der Waals surface area contributed by atoms with Crippen molar-refractivity contribution in [3.8, 4) is 11.3 Å². The molecule has 0 radical (unpaired) electrons. The first kappa shape index (κ1) is 20.6. The van der Waals surface area contributed by atoms with Crippen LogP contribution in [0.4, 0.5) is 4.79 Å². The third-order valence-corrected chi connectivity index (χ3v) is 4.87. The Labute approximate surface area is 169 Å². The Morgan fingerprint density at radius 1 is 1.14 bits per heavy atom. The maximum absolute atomic E-state index is 12.3. The second-order valence-corrected chi connectivity index (χ2v) is 6.92. The summed E-state index contributed by atoms with van der Waals surface area (Å²) in [6, 6.07) is 12.8. The largest absolute Gasteiger partial charge is 0.450 e. The number of carbonyl (C=O) groups is 2. The number of benzene rings is 1. The van der Waals surface area contributed by atoms with Crippen molar-refractivity contribution in [2.24, 2.45) is 0 Å². The van der Waals surface area contributed by atoms with E-state index in [2.05, 4.69) is 10.4 Å². The Bertz CT molecular complexity index is 889. The molecule has 0 spiro atoms. The Kier molecular flexibility index (Phi) is 6.99. The van der Waals surface area contributed by atoms with E-state index in [1.54, 1.807) is 17.9 Å². The zero-order valence-corrected chi connectivity index (χ0v) is 16.5. The van der Waals surface area contributed by atoms with E-state index in [1.165, 1.54) is 10.7 Å². The Morgan fingerprint density at radius 3 is 2.55 bits per heavy atom. The Morgan fingerprint density at radius 2 is 1.86 bits per heavy atom. The van der Waals surface area contributed by atoms with Crippen LogP contribution in [0, 0.1) is 0 Å². The fraction of sp³-hybridized carbons (Fsp3) is 0.429. The molecule has 0 bridgehead atoms. The fourth-order valence-corrected chi connectivity index (χ4v) is 3.30. The fourth-order valence-electron chi connectivity index (χ4n) is 3.30. The summed E-state index contributed by atoms with van der Waals surface area (Å²) in [7, 11) is 0. The molecule has 1 N–H and O–H groups in total. The normalized spacial score (nSPS) is 14.4. The molecule has 1 aliphatic heterocycles. The first-order valence-electron chi connectivity index (χ1n) is 9.91. The van der Waals surface area contributed by atoms with Crippen LogP contribution in [-0.2, 0) is 16.1 Å². The van der Waals surface area contributed by atoms with Crippen LogP contribution in [-0.4, -0.2) is 52.4 Å². The number of carbonyl (C=O) groups excluding carboxylic acids is 2. The molecule has 1 saturated heterocycles. The molecule has 1 aliphatic rings. The molecule has 1 fully saturated rings. The van der Waals surface area contributed by atoms with Gasteiger partial charge in [-0.25, -0.2) is 9.48 Å². The summed E-state index contributed by atoms with van der Waals surface area (Å²) < 4.78 is 6.32. The molecular formula is C21H26N4O4. The highest BCUT2D eigenvalue weighted by molar-refractivity contribution is 5.76. The average molecular weight is 398 g/mol. The number of nitrogens with one attached hydrogen (secondary N) is 1. The number of rotatable bonds is 6. The molecule has 2 aromatic rings. The Balaban J connectivity index is 1.50. The standard InChI is InChI=1S/C21H26N4O4/c1-2-29-21(28)24-13-10-17(11-14-24)22-19(26)12-15-25-20(27)9-8-18(23-25)16-6-4-3-5-7-16/h3-9,17H,2,10-15H2,1H3,(H,22,26). The van der Waals surface area contributed by atoms with E-state index in [0.29, 0.717) is 38.2 Å². The van der Waals surface area contributed by atoms with Gasteiger partial charge in [-0.2, -0.15) is 5.10 Å². The Hall–Kier alpha value is -3.16. The van der Waals surface area contributed by atoms with Gasteiger partial charge in [0.2, 0.25) is 5.91 Å². The van der Waals surface area contributed by atoms with Crippen LogP contribution >= 0.6 is 0 Å². The summed E-state index contributed by atoms with van der Waals surface area (Å²) in [4.78, 5) is 37.8. The van der Waals surface area contributed by atoms with Crippen LogP contribution < -0.4 is 10.9 Å². The molecule has 2 amide bonds. The van der Waals surface area contributed by atoms with Crippen molar-refractivity contribution in [3.05, 3.63) is 52.8 Å². The lowest BCUT2D eigenvalue weighted by molar-refractivity contribution is -0.122. The second-order valence-electron chi connectivity index (χ2n) is 6.92. The molecule has 154 valence electrons. The van der Waals surface area contributed by atoms with Crippen molar-refractivity contribution < 1.29 is 14.3 Å². The lowest BCUT2D eigenvalue weighted by Crippen LogP contribution is -2.46. The number of nitrogens with zero attached hydrogens (tertiary/aromatic N) is 3. The van der Waals surface area contributed by atoms with E-state index in [9.17, 15) is 14.4 Å². The molecule has 1 aromatic heterocycles. The smallest absolute Gasteiger partial charge is 0.409 e. The number of hydrogen-bond acceptors (Lipinski definition) is 5. The monoisotopic (exact) mass is 398 g/mol. The SMILES string of the molecule is CCOC(=O)N1CCC(NC(=O)CCn2nc(-c3ccccc3)ccc2=O)CC1. The molecule has 8 nitrogen and oxygen atoms in total. The van der Waals surface area contributed by atoms with Gasteiger partial charge in [0.25, 0.3) is 5.56 Å². The van der Waals surface area contributed by atoms with Gasteiger partial charge in [0.05, 0.1) is 18.8 Å². The van der Waals surface area contributed by atoms with Gasteiger partial charge in [-0.3, -0.25) is 9.59 Å². The zero-order chi connectivity index (χ0) is 20.6. The third kappa shape index (κ3) is 5.66. The molecule has 0 atom stereocenters. The predicted molar refractivity (Wildman–Crippen MR) is 108 cm³/mol. The van der Waals surface area contributed by atoms with Gasteiger partial charge in [0.1, 0.15) is 0 Å². The first-order chi connectivity index (χ1) is 14.1. The highest BCUT2D eigenvalue weighted by Gasteiger charge is 2.24. The van der Waals surface area contributed by atoms with Crippen molar-refractivity contribution >= 4 is 12.0 Å². The summed E-state index contributed by atoms with van der Waals surface area (Å²) in [5, 5.41) is 7.36. The molecule has 2 heterocycles. The number of hydrogen-bond donors (Lipinski definition) is 1. The first-order valence-corrected chi connectivity index (χ1v) is 9.91. The van der Waals surface area contributed by atoms with Crippen molar-refractivity contribution in [2.45, 2.75) is 38.8 Å². The van der Waals surface area contributed by atoms with Crippen LogP contribution in [0.25, 0.3) is 11.3 Å². The molecule has 3 rings (SSSR count). The number of ether oxygens (including phenoxy) is 1. The van der Waals surface area contributed by atoms with Gasteiger partial charge < -0.3 is 15.0 Å². The van der Waals surface area contributed by atoms with E-state index < -0.39 is 0 Å². The molecule has 0 saturated carbocycles. The van der Waals surface area contributed by atoms with Gasteiger partial charge in [0, 0.05) is 37.2 Å². The van der Waals surface area contributed by atoms with Crippen molar-refractivity contribution in [1.29, 1.82) is 0 Å². The molecular weight excluding hydrogens is 372 g/mol. The van der Waals surface area contributed by atoms with E-state index in [4.69, 9.17) is 4.74 Å². The summed E-state index contributed by atoms with van der Waals surface area (Å²) in [6.45, 7) is 3.47. The van der Waals surface area contributed by atoms with E-state index >= 15 is 0 Å². The van der Waals surface area contributed by atoms with Crippen molar-refractivity contribution in [2.75, 3.05) is 19.7 Å². The average Bonchev–Trinajstić information content (AvgIpc) is 2.74. The van der Waals surface area contributed by atoms with Crippen molar-refractivity contribution in [3.63, 3.8) is 0 Å². The highest BCUT2D eigenvalue weighted by atomic mass is 16.6. The molecule has 1 aromatic carbocycles. The zero-order valence-electron chi connectivity index (χ0n) is 16.5. The minimum absolute atomic E-state index is 0.0218. The summed E-state index contributed by atoms with van der Waals surface area (Å²) >= 11 is 0. The summed E-state index contributed by atoms with van der Waals surface area (Å²) in [5.74, 6) is -0.126. The van der Waals surface area contributed by atoms with E-state index in [-0.39, 0.29) is 36.6 Å². The summed E-state index contributed by atoms with van der Waals surface area (Å²) in [6.07, 6.45) is 1.24. The molecule has 8 heteroatoms. The van der Waals surface area contributed by atoms with E-state index in [1.807, 2.05) is 30.3 Å². The lowest BCUT2D eigenvalue weighted by atomic mass is 10.1. The van der Waals surface area contributed by atoms with Gasteiger partial charge in [-0.15, -0.1) is 0 Å². The quantitative estimate of drug-likeness (QED) is 0.804. The number of amides is 2. The van der Waals surface area contributed by atoms with Crippen LogP contribution in [0.3, 0.4) is 0 Å². The van der Waals surface area contributed by atoms with Crippen LogP contribution in [0.5, 0.6) is 0 Å². The number of likely N-dealkylation sites (tertiary alicyclic amines) is 1. The summed E-state index contributed by atoms with van der Waals surface area (Å²) in [5.41, 5.74) is 1.37. The van der Waals surface area contributed by atoms with Crippen molar-refractivity contribution in [1.82, 2.24) is 20.0 Å². The van der Waals surface area contributed by atoms with Gasteiger partial charge >= 0.3 is 6.09 Å². The minimum Gasteiger partial charge on any atom is -0.450 e. The second kappa shape index (κ2) is 9.86. The number of piperidine rings is 1. The maximum Gasteiger partial charge on any atom is 0.409 e. The van der Waals surface area contributed by atoms with Crippen LogP contribution in [0.15, 0.2) is 47.3 Å². The van der Waals surface area contributed by atoms with Crippen LogP contribution in [0.1, 0.15) is 26.2 Å². The van der Waals surface area contributed by atoms with Gasteiger partial charge in [0.15, 0.2) is 0 Å². The molecule has 29 heavy (non-hydrogen) atoms. The van der Waals surface area contributed by atoms with Gasteiger partial charge in [-0.05, 0) is 25.8 Å². The number of aromatic nitrogens is 2. The van der Waals surface area contributed by atoms with Gasteiger partial charge in [-0.1, -0.05) is 30.3 Å². The highest BCUT2D eigenvalue weighted by Crippen LogP contribution is 2.14. The maximum atomic E-state index is 12.3. The topological polar surface area (TPSA) is 93.5 Å². The lowest BCUT2D eigenvalue weighted by Gasteiger charge is -2.31. The van der Waals surface area contributed by atoms with Crippen LogP contribution in [0.2, 0.25) is 0 Å². The third-order valence-electron chi connectivity index (χ3n) is 4.87. The predicted octanol–water partition coefficient (Wildman–Crippen LogP) is 2.04. The molecule has 0 aliphatic carbocycles.